The van der Waals surface area contributed by atoms with E-state index in [-0.39, 0.29) is 12.3 Å². The van der Waals surface area contributed by atoms with E-state index in [0.29, 0.717) is 11.3 Å². The van der Waals surface area contributed by atoms with Gasteiger partial charge in [0, 0.05) is 16.2 Å². The zero-order chi connectivity index (χ0) is 11.5. The molecule has 2 rings (SSSR count). The first-order valence-corrected chi connectivity index (χ1v) is 5.51. The summed E-state index contributed by atoms with van der Waals surface area (Å²) < 4.78 is 2.48. The molecule has 2 aromatic rings. The molecule has 0 aliphatic rings. The lowest BCUT2D eigenvalue weighted by atomic mass is 10.1. The fraction of sp³-hybridized carbons (Fsp3) is 0.0909. The van der Waals surface area contributed by atoms with E-state index in [4.69, 9.17) is 5.73 Å². The quantitative estimate of drug-likeness (QED) is 0.876. The molecule has 0 saturated heterocycles. The second-order valence-electron chi connectivity index (χ2n) is 3.40. The summed E-state index contributed by atoms with van der Waals surface area (Å²) in [5.74, 6) is 0.00981. The van der Waals surface area contributed by atoms with Crippen molar-refractivity contribution in [3.8, 4) is 0 Å². The van der Waals surface area contributed by atoms with Crippen molar-refractivity contribution in [2.24, 2.45) is 0 Å². The number of anilines is 1. The van der Waals surface area contributed by atoms with Crippen molar-refractivity contribution >= 4 is 27.4 Å². The molecular weight excluding hydrogens is 270 g/mol. The maximum absolute atomic E-state index is 11.8. The third kappa shape index (κ3) is 2.49. The lowest BCUT2D eigenvalue weighted by molar-refractivity contribution is 0.0968. The third-order valence-electron chi connectivity index (χ3n) is 2.13. The van der Waals surface area contributed by atoms with Crippen molar-refractivity contribution in [3.63, 3.8) is 0 Å². The summed E-state index contributed by atoms with van der Waals surface area (Å²) >= 11 is 3.32. The number of hydrogen-bond donors (Lipinski definition) is 1. The molecule has 0 atom stereocenters. The standard InChI is InChI=1S/C11H10BrN3O/c12-9-3-1-8(2-4-9)11(16)7-15-6-10(13)5-14-15/h1-6H,7,13H2. The van der Waals surface area contributed by atoms with E-state index in [1.165, 1.54) is 10.9 Å². The van der Waals surface area contributed by atoms with Crippen molar-refractivity contribution in [1.82, 2.24) is 9.78 Å². The fourth-order valence-corrected chi connectivity index (χ4v) is 1.60. The number of carbonyl (C=O) groups is 1. The highest BCUT2D eigenvalue weighted by Gasteiger charge is 2.07. The Labute approximate surface area is 101 Å². The normalized spacial score (nSPS) is 10.3. The summed E-state index contributed by atoms with van der Waals surface area (Å²) in [5.41, 5.74) is 6.74. The first-order valence-electron chi connectivity index (χ1n) is 4.72. The molecule has 0 saturated carbocycles. The zero-order valence-electron chi connectivity index (χ0n) is 8.43. The molecule has 0 radical (unpaired) electrons. The highest BCUT2D eigenvalue weighted by molar-refractivity contribution is 9.10. The number of Topliss-reactive ketones (excluding diaryl/α,β-unsaturated/α-hetero) is 1. The Morgan fingerprint density at radius 3 is 2.62 bits per heavy atom. The molecule has 0 unspecified atom stereocenters. The largest absolute Gasteiger partial charge is 0.396 e. The molecule has 0 spiro atoms. The smallest absolute Gasteiger partial charge is 0.184 e. The number of halogens is 1. The molecule has 1 heterocycles. The Bertz CT molecular complexity index is 504. The number of carbonyl (C=O) groups excluding carboxylic acids is 1. The Hall–Kier alpha value is -1.62. The molecule has 2 N–H and O–H groups in total. The third-order valence-corrected chi connectivity index (χ3v) is 2.65. The first-order chi connectivity index (χ1) is 7.65. The predicted octanol–water partition coefficient (Wildman–Crippen LogP) is 2.11. The van der Waals surface area contributed by atoms with Crippen molar-refractivity contribution in [2.45, 2.75) is 6.54 Å². The number of nitrogens with two attached hydrogens (primary N) is 1. The van der Waals surface area contributed by atoms with E-state index < -0.39 is 0 Å². The van der Waals surface area contributed by atoms with Crippen LogP contribution >= 0.6 is 15.9 Å². The van der Waals surface area contributed by atoms with Crippen LogP contribution in [0.25, 0.3) is 0 Å². The summed E-state index contributed by atoms with van der Waals surface area (Å²) in [6.45, 7) is 0.207. The summed E-state index contributed by atoms with van der Waals surface area (Å²) in [6, 6.07) is 7.23. The first kappa shape index (κ1) is 10.9. The predicted molar refractivity (Wildman–Crippen MR) is 65.1 cm³/mol. The van der Waals surface area contributed by atoms with Gasteiger partial charge in [-0.15, -0.1) is 0 Å². The highest BCUT2D eigenvalue weighted by atomic mass is 79.9. The molecule has 16 heavy (non-hydrogen) atoms. The van der Waals surface area contributed by atoms with Gasteiger partial charge in [0.25, 0.3) is 0 Å². The van der Waals surface area contributed by atoms with Crippen LogP contribution in [0.1, 0.15) is 10.4 Å². The van der Waals surface area contributed by atoms with Crippen LogP contribution < -0.4 is 5.73 Å². The minimum absolute atomic E-state index is 0.00981. The van der Waals surface area contributed by atoms with Crippen LogP contribution in [0.3, 0.4) is 0 Å². The molecule has 82 valence electrons. The number of rotatable bonds is 3. The summed E-state index contributed by atoms with van der Waals surface area (Å²) in [7, 11) is 0. The monoisotopic (exact) mass is 279 g/mol. The average molecular weight is 280 g/mol. The Kier molecular flexibility index (Phi) is 3.05. The van der Waals surface area contributed by atoms with Crippen molar-refractivity contribution in [3.05, 3.63) is 46.7 Å². The Morgan fingerprint density at radius 2 is 2.06 bits per heavy atom. The number of ketones is 1. The summed E-state index contributed by atoms with van der Waals surface area (Å²) in [6.07, 6.45) is 3.16. The molecule has 0 amide bonds. The lowest BCUT2D eigenvalue weighted by Gasteiger charge is -2.01. The van der Waals surface area contributed by atoms with E-state index in [1.54, 1.807) is 18.3 Å². The van der Waals surface area contributed by atoms with Gasteiger partial charge in [-0.2, -0.15) is 5.10 Å². The molecule has 0 aliphatic carbocycles. The second-order valence-corrected chi connectivity index (χ2v) is 4.32. The van der Waals surface area contributed by atoms with Gasteiger partial charge in [-0.3, -0.25) is 9.48 Å². The molecule has 4 nitrogen and oxygen atoms in total. The van der Waals surface area contributed by atoms with Crippen LogP contribution in [0.2, 0.25) is 0 Å². The van der Waals surface area contributed by atoms with E-state index in [1.807, 2.05) is 12.1 Å². The topological polar surface area (TPSA) is 60.9 Å². The van der Waals surface area contributed by atoms with E-state index >= 15 is 0 Å². The van der Waals surface area contributed by atoms with Gasteiger partial charge in [0.15, 0.2) is 5.78 Å². The summed E-state index contributed by atoms with van der Waals surface area (Å²) in [5, 5.41) is 3.96. The fourth-order valence-electron chi connectivity index (χ4n) is 1.34. The minimum atomic E-state index is 0.00981. The number of nitrogen functional groups attached to an aromatic ring is 1. The van der Waals surface area contributed by atoms with Crippen molar-refractivity contribution < 1.29 is 4.79 Å². The molecule has 5 heteroatoms. The van der Waals surface area contributed by atoms with Gasteiger partial charge in [-0.05, 0) is 12.1 Å². The second kappa shape index (κ2) is 4.49. The molecule has 0 fully saturated rings. The van der Waals surface area contributed by atoms with Crippen LogP contribution in [-0.2, 0) is 6.54 Å². The maximum Gasteiger partial charge on any atom is 0.184 e. The number of aromatic nitrogens is 2. The van der Waals surface area contributed by atoms with E-state index in [2.05, 4.69) is 21.0 Å². The SMILES string of the molecule is Nc1cnn(CC(=O)c2ccc(Br)cc2)c1. The van der Waals surface area contributed by atoms with Crippen LogP contribution in [-0.4, -0.2) is 15.6 Å². The van der Waals surface area contributed by atoms with Gasteiger partial charge in [-0.1, -0.05) is 28.1 Å². The van der Waals surface area contributed by atoms with Crippen LogP contribution in [0.4, 0.5) is 5.69 Å². The number of benzene rings is 1. The summed E-state index contributed by atoms with van der Waals surface area (Å²) in [4.78, 5) is 11.8. The van der Waals surface area contributed by atoms with Gasteiger partial charge < -0.3 is 5.73 Å². The molecule has 0 bridgehead atoms. The lowest BCUT2D eigenvalue weighted by Crippen LogP contribution is -2.10. The van der Waals surface area contributed by atoms with Crippen LogP contribution in [0.5, 0.6) is 0 Å². The minimum Gasteiger partial charge on any atom is -0.396 e. The number of nitrogens with zero attached hydrogens (tertiary/aromatic N) is 2. The number of hydrogen-bond acceptors (Lipinski definition) is 3. The Balaban J connectivity index is 2.11. The maximum atomic E-state index is 11.8. The van der Waals surface area contributed by atoms with Gasteiger partial charge in [0.1, 0.15) is 6.54 Å². The molecule has 1 aromatic heterocycles. The van der Waals surface area contributed by atoms with Crippen LogP contribution in [0, 0.1) is 0 Å². The highest BCUT2D eigenvalue weighted by Crippen LogP contribution is 2.11. The average Bonchev–Trinajstić information content (AvgIpc) is 2.65. The van der Waals surface area contributed by atoms with Gasteiger partial charge >= 0.3 is 0 Å². The molecular formula is C11H10BrN3O. The zero-order valence-corrected chi connectivity index (χ0v) is 10.0. The van der Waals surface area contributed by atoms with Gasteiger partial charge in [-0.25, -0.2) is 0 Å². The van der Waals surface area contributed by atoms with Crippen LogP contribution in [0.15, 0.2) is 41.1 Å². The molecule has 0 aliphatic heterocycles. The van der Waals surface area contributed by atoms with E-state index in [9.17, 15) is 4.79 Å². The Morgan fingerprint density at radius 1 is 1.38 bits per heavy atom. The van der Waals surface area contributed by atoms with Crippen molar-refractivity contribution in [2.75, 3.05) is 5.73 Å². The van der Waals surface area contributed by atoms with E-state index in [0.717, 1.165) is 4.47 Å². The van der Waals surface area contributed by atoms with Gasteiger partial charge in [0.2, 0.25) is 0 Å². The van der Waals surface area contributed by atoms with Gasteiger partial charge in [0.05, 0.1) is 11.9 Å². The van der Waals surface area contributed by atoms with Crippen molar-refractivity contribution in [1.29, 1.82) is 0 Å². The molecule has 1 aromatic carbocycles.